The van der Waals surface area contributed by atoms with Gasteiger partial charge in [0.25, 0.3) is 10.0 Å². The number of hydrogen-bond donors (Lipinski definition) is 2. The van der Waals surface area contributed by atoms with Crippen LogP contribution in [0, 0.1) is 0 Å². The fourth-order valence-corrected chi connectivity index (χ4v) is 5.09. The van der Waals surface area contributed by atoms with Gasteiger partial charge in [-0.05, 0) is 42.8 Å². The number of aromatic hydroxyl groups is 1. The van der Waals surface area contributed by atoms with Crippen molar-refractivity contribution in [3.05, 3.63) is 80.4 Å². The molecule has 1 aliphatic carbocycles. The van der Waals surface area contributed by atoms with Gasteiger partial charge in [-0.2, -0.15) is 0 Å². The van der Waals surface area contributed by atoms with E-state index in [0.29, 0.717) is 10.8 Å². The summed E-state index contributed by atoms with van der Waals surface area (Å²) in [5.41, 5.74) is 0.0277. The number of phenols is 1. The third-order valence-corrected chi connectivity index (χ3v) is 6.85. The molecule has 4 rings (SSSR count). The van der Waals surface area contributed by atoms with Crippen LogP contribution in [0.5, 0.6) is 17.2 Å². The first kappa shape index (κ1) is 22.5. The van der Waals surface area contributed by atoms with Gasteiger partial charge in [0.15, 0.2) is 11.5 Å². The Bertz CT molecular complexity index is 1450. The van der Waals surface area contributed by atoms with E-state index in [0.717, 1.165) is 17.0 Å². The number of nitrogens with zero attached hydrogens (tertiary/aromatic N) is 1. The first-order valence-corrected chi connectivity index (χ1v) is 11.9. The number of aromatic nitrogens is 1. The number of pyridine rings is 1. The Labute approximate surface area is 199 Å². The summed E-state index contributed by atoms with van der Waals surface area (Å²) in [6.45, 7) is 0. The summed E-state index contributed by atoms with van der Waals surface area (Å²) >= 11 is 18.1. The number of allylic oxidation sites excluding steroid dienone is 2. The Hall–Kier alpha value is -2.71. The van der Waals surface area contributed by atoms with Crippen LogP contribution in [-0.2, 0) is 10.0 Å². The van der Waals surface area contributed by atoms with Gasteiger partial charge in [-0.25, -0.2) is 8.42 Å². The van der Waals surface area contributed by atoms with Crippen LogP contribution in [0.3, 0.4) is 0 Å². The summed E-state index contributed by atoms with van der Waals surface area (Å²) in [4.78, 5) is 4.18. The molecule has 0 bridgehead atoms. The average molecular weight is 510 g/mol. The molecule has 1 heterocycles. The minimum Gasteiger partial charge on any atom is -0.504 e. The summed E-state index contributed by atoms with van der Waals surface area (Å²) in [6.07, 6.45) is 10.1. The molecule has 1 aliphatic rings. The van der Waals surface area contributed by atoms with Crippen LogP contribution in [0.1, 0.15) is 6.42 Å². The van der Waals surface area contributed by atoms with Gasteiger partial charge >= 0.3 is 0 Å². The monoisotopic (exact) mass is 508 g/mol. The molecule has 6 nitrogen and oxygen atoms in total. The van der Waals surface area contributed by atoms with Crippen molar-refractivity contribution in [3.63, 3.8) is 0 Å². The zero-order chi connectivity index (χ0) is 22.9. The molecule has 0 fully saturated rings. The summed E-state index contributed by atoms with van der Waals surface area (Å²) in [7, 11) is -4.05. The summed E-state index contributed by atoms with van der Waals surface area (Å²) < 4.78 is 33.4. The first-order valence-electron chi connectivity index (χ1n) is 9.24. The maximum atomic E-state index is 12.7. The number of nitrogens with one attached hydrogen (secondary N) is 1. The van der Waals surface area contributed by atoms with Crippen molar-refractivity contribution in [3.8, 4) is 17.2 Å². The molecule has 0 amide bonds. The van der Waals surface area contributed by atoms with Crippen LogP contribution in [-0.4, -0.2) is 18.5 Å². The molecule has 0 unspecified atom stereocenters. The fraction of sp³-hybridized carbons (Fsp3) is 0.0455. The van der Waals surface area contributed by atoms with Crippen molar-refractivity contribution >= 4 is 62.7 Å². The number of ether oxygens (including phenoxy) is 1. The summed E-state index contributed by atoms with van der Waals surface area (Å²) in [6, 6.07) is 8.28. The van der Waals surface area contributed by atoms with Gasteiger partial charge in [0.1, 0.15) is 10.6 Å². The zero-order valence-corrected chi connectivity index (χ0v) is 19.3. The maximum absolute atomic E-state index is 12.7. The molecule has 0 saturated heterocycles. The lowest BCUT2D eigenvalue weighted by Gasteiger charge is -2.13. The van der Waals surface area contributed by atoms with Crippen molar-refractivity contribution in [1.82, 2.24) is 4.98 Å². The number of hydrogen-bond acceptors (Lipinski definition) is 5. The Balaban J connectivity index is 1.62. The van der Waals surface area contributed by atoms with Gasteiger partial charge in [-0.3, -0.25) is 9.71 Å². The van der Waals surface area contributed by atoms with Gasteiger partial charge in [-0.1, -0.05) is 53.0 Å². The normalized spacial score (nSPS) is 12.8. The van der Waals surface area contributed by atoms with Gasteiger partial charge in [0, 0.05) is 16.3 Å². The SMILES string of the molecule is O=S(=O)(Nc1cc(O)c(Oc2cnc3c(c2)=CCC=CC=3)c(Cl)c1)c1ccc(Cl)cc1Cl. The highest BCUT2D eigenvalue weighted by atomic mass is 35.5. The first-order chi connectivity index (χ1) is 15.2. The van der Waals surface area contributed by atoms with E-state index < -0.39 is 10.0 Å². The highest BCUT2D eigenvalue weighted by molar-refractivity contribution is 7.92. The molecule has 3 aromatic rings. The Kier molecular flexibility index (Phi) is 6.35. The molecule has 32 heavy (non-hydrogen) atoms. The van der Waals surface area contributed by atoms with Crippen LogP contribution in [0.2, 0.25) is 15.1 Å². The summed E-state index contributed by atoms with van der Waals surface area (Å²) in [5, 5.41) is 12.4. The van der Waals surface area contributed by atoms with E-state index in [1.807, 2.05) is 24.3 Å². The molecule has 0 atom stereocenters. The minimum absolute atomic E-state index is 0.00273. The number of fused-ring (bicyclic) bond motifs is 1. The molecule has 2 N–H and O–H groups in total. The smallest absolute Gasteiger partial charge is 0.263 e. The van der Waals surface area contributed by atoms with Crippen molar-refractivity contribution < 1.29 is 18.3 Å². The Morgan fingerprint density at radius 3 is 2.62 bits per heavy atom. The molecule has 0 radical (unpaired) electrons. The van der Waals surface area contributed by atoms with Gasteiger partial charge in [0.05, 0.1) is 27.3 Å². The van der Waals surface area contributed by atoms with Crippen molar-refractivity contribution in [2.75, 3.05) is 4.72 Å². The number of sulfonamides is 1. The van der Waals surface area contributed by atoms with Crippen molar-refractivity contribution in [1.29, 1.82) is 0 Å². The topological polar surface area (TPSA) is 88.5 Å². The van der Waals surface area contributed by atoms with Gasteiger partial charge < -0.3 is 9.84 Å². The number of phenolic OH excluding ortho intramolecular Hbond substituents is 1. The molecule has 10 heteroatoms. The molecule has 2 aromatic carbocycles. The third kappa shape index (κ3) is 4.86. The Morgan fingerprint density at radius 1 is 1.06 bits per heavy atom. The third-order valence-electron chi connectivity index (χ3n) is 4.47. The van der Waals surface area contributed by atoms with E-state index in [2.05, 4.69) is 9.71 Å². The molecule has 0 aliphatic heterocycles. The lowest BCUT2D eigenvalue weighted by Crippen LogP contribution is -2.27. The van der Waals surface area contributed by atoms with E-state index >= 15 is 0 Å². The highest BCUT2D eigenvalue weighted by Gasteiger charge is 2.20. The van der Waals surface area contributed by atoms with Gasteiger partial charge in [-0.15, -0.1) is 0 Å². The standard InChI is InChI=1S/C22H15Cl3N2O4S/c23-14-6-7-21(17(24)9-14)32(29,30)27-15-10-18(25)22(20(28)11-15)31-16-8-13-4-2-1-3-5-19(13)26-12-16/h1,3-12,27-28H,2H2. The second kappa shape index (κ2) is 9.03. The molecule has 0 saturated carbocycles. The van der Waals surface area contributed by atoms with Crippen LogP contribution in [0.4, 0.5) is 5.69 Å². The van der Waals surface area contributed by atoms with E-state index in [4.69, 9.17) is 39.5 Å². The van der Waals surface area contributed by atoms with Crippen molar-refractivity contribution in [2.24, 2.45) is 0 Å². The fourth-order valence-electron chi connectivity index (χ4n) is 3.02. The number of halogens is 3. The largest absolute Gasteiger partial charge is 0.504 e. The highest BCUT2D eigenvalue weighted by Crippen LogP contribution is 2.40. The van der Waals surface area contributed by atoms with E-state index in [-0.39, 0.29) is 32.1 Å². The van der Waals surface area contributed by atoms with Crippen LogP contribution in [0.25, 0.3) is 12.2 Å². The zero-order valence-electron chi connectivity index (χ0n) is 16.2. The van der Waals surface area contributed by atoms with E-state index in [1.165, 1.54) is 36.5 Å². The van der Waals surface area contributed by atoms with Crippen LogP contribution >= 0.6 is 34.8 Å². The van der Waals surface area contributed by atoms with E-state index in [1.54, 1.807) is 6.07 Å². The van der Waals surface area contributed by atoms with Crippen LogP contribution < -0.4 is 20.0 Å². The summed E-state index contributed by atoms with van der Waals surface area (Å²) in [5.74, 6) is -0.0186. The lowest BCUT2D eigenvalue weighted by atomic mass is 10.2. The molecular formula is C22H15Cl3N2O4S. The molecule has 1 aromatic heterocycles. The van der Waals surface area contributed by atoms with Crippen LogP contribution in [0.15, 0.2) is 59.6 Å². The second-order valence-corrected chi connectivity index (χ2v) is 9.67. The Morgan fingerprint density at radius 2 is 1.88 bits per heavy atom. The maximum Gasteiger partial charge on any atom is 0.263 e. The van der Waals surface area contributed by atoms with E-state index in [9.17, 15) is 13.5 Å². The predicted molar refractivity (Wildman–Crippen MR) is 127 cm³/mol. The van der Waals surface area contributed by atoms with Gasteiger partial charge in [0.2, 0.25) is 0 Å². The lowest BCUT2D eigenvalue weighted by molar-refractivity contribution is 0.410. The second-order valence-electron chi connectivity index (χ2n) is 6.77. The quantitative estimate of drug-likeness (QED) is 0.513. The molecular weight excluding hydrogens is 495 g/mol. The number of anilines is 1. The average Bonchev–Trinajstić information content (AvgIpc) is 2.95. The number of rotatable bonds is 5. The van der Waals surface area contributed by atoms with Crippen molar-refractivity contribution in [2.45, 2.75) is 11.3 Å². The number of benzene rings is 2. The molecule has 164 valence electrons. The predicted octanol–water partition coefficient (Wildman–Crippen LogP) is 4.86. The molecule has 0 spiro atoms. The minimum atomic E-state index is -4.05.